The number of hydrogen-bond donors (Lipinski definition) is 1. The number of nitrogens with one attached hydrogen (secondary N) is 1. The Labute approximate surface area is 189 Å². The zero-order valence-electron chi connectivity index (χ0n) is 18.1. The molecule has 1 amide bonds. The molecular weight excluding hydrogens is 422 g/mol. The molecule has 2 fully saturated rings. The maximum atomic E-state index is 13.5. The maximum absolute atomic E-state index is 13.5. The molecule has 3 heterocycles. The lowest BCUT2D eigenvalue weighted by Gasteiger charge is -2.35. The highest BCUT2D eigenvalue weighted by Gasteiger charge is 2.42. The molecule has 2 atom stereocenters. The molecule has 1 aromatic heterocycles. The van der Waals surface area contributed by atoms with Crippen LogP contribution in [0.15, 0.2) is 60.7 Å². The first kappa shape index (κ1) is 21.2. The minimum absolute atomic E-state index is 0.0127. The summed E-state index contributed by atoms with van der Waals surface area (Å²) in [7, 11) is -3.17. The van der Waals surface area contributed by atoms with Gasteiger partial charge in [-0.05, 0) is 43.6 Å². The van der Waals surface area contributed by atoms with Crippen molar-refractivity contribution in [1.82, 2.24) is 14.8 Å². The summed E-state index contributed by atoms with van der Waals surface area (Å²) >= 11 is 0. The van der Waals surface area contributed by atoms with Crippen molar-refractivity contribution in [2.45, 2.75) is 37.9 Å². The van der Waals surface area contributed by atoms with Crippen LogP contribution < -0.4 is 5.32 Å². The molecule has 5 rings (SSSR count). The van der Waals surface area contributed by atoms with Gasteiger partial charge in [-0.2, -0.15) is 0 Å². The molecule has 2 saturated heterocycles. The van der Waals surface area contributed by atoms with Gasteiger partial charge < -0.3 is 9.88 Å². The fourth-order valence-corrected chi connectivity index (χ4v) is 7.11. The largest absolute Gasteiger partial charge is 0.345 e. The number of likely N-dealkylation sites (tertiary alicyclic amines) is 1. The van der Waals surface area contributed by atoms with Gasteiger partial charge in [0.25, 0.3) is 5.91 Å². The second kappa shape index (κ2) is 8.71. The molecule has 0 saturated carbocycles. The monoisotopic (exact) mass is 451 g/mol. The van der Waals surface area contributed by atoms with Crippen LogP contribution in [0.2, 0.25) is 0 Å². The summed E-state index contributed by atoms with van der Waals surface area (Å²) < 4.78 is 27.0. The van der Waals surface area contributed by atoms with Gasteiger partial charge in [0.15, 0.2) is 9.84 Å². The first-order valence-corrected chi connectivity index (χ1v) is 13.2. The molecule has 2 aliphatic rings. The van der Waals surface area contributed by atoms with Crippen molar-refractivity contribution in [2.75, 3.05) is 24.6 Å². The predicted octanol–water partition coefficient (Wildman–Crippen LogP) is 3.07. The van der Waals surface area contributed by atoms with Crippen LogP contribution in [0, 0.1) is 0 Å². The standard InChI is InChI=1S/C25H29N3O3S/c29-25(26-21-17-32(30,31)18-24(21)27-13-7-2-8-14-27)23-15-20-11-5-6-12-22(20)28(23)16-19-9-3-1-4-10-19/h1,3-6,9-12,15,21,24H,2,7-8,13-14,16-18H2,(H,26,29). The number of hydrogen-bond acceptors (Lipinski definition) is 4. The van der Waals surface area contributed by atoms with E-state index in [4.69, 9.17) is 0 Å². The van der Waals surface area contributed by atoms with Crippen LogP contribution in [-0.4, -0.2) is 60.5 Å². The van der Waals surface area contributed by atoms with Crippen LogP contribution in [0.25, 0.3) is 10.9 Å². The number of carbonyl (C=O) groups is 1. The summed E-state index contributed by atoms with van der Waals surface area (Å²) in [6, 6.07) is 19.4. The molecule has 0 spiro atoms. The fraction of sp³-hybridized carbons (Fsp3) is 0.400. The Bertz CT molecular complexity index is 1210. The Morgan fingerprint density at radius 1 is 0.938 bits per heavy atom. The van der Waals surface area contributed by atoms with Crippen molar-refractivity contribution in [3.8, 4) is 0 Å². The van der Waals surface area contributed by atoms with Crippen molar-refractivity contribution < 1.29 is 13.2 Å². The first-order valence-electron chi connectivity index (χ1n) is 11.4. The molecule has 2 aliphatic heterocycles. The number of para-hydroxylation sites is 1. The van der Waals surface area contributed by atoms with Crippen molar-refractivity contribution in [1.29, 1.82) is 0 Å². The van der Waals surface area contributed by atoms with Gasteiger partial charge in [0.1, 0.15) is 5.69 Å². The van der Waals surface area contributed by atoms with Crippen molar-refractivity contribution in [3.63, 3.8) is 0 Å². The predicted molar refractivity (Wildman–Crippen MR) is 127 cm³/mol. The van der Waals surface area contributed by atoms with Gasteiger partial charge in [-0.3, -0.25) is 9.69 Å². The normalized spacial score (nSPS) is 23.4. The number of fused-ring (bicyclic) bond motifs is 1. The average Bonchev–Trinajstić information content (AvgIpc) is 3.32. The number of benzene rings is 2. The van der Waals surface area contributed by atoms with Gasteiger partial charge in [0.05, 0.1) is 17.5 Å². The molecule has 3 aromatic rings. The van der Waals surface area contributed by atoms with E-state index >= 15 is 0 Å². The minimum atomic E-state index is -3.17. The molecule has 32 heavy (non-hydrogen) atoms. The van der Waals surface area contributed by atoms with E-state index in [2.05, 4.69) is 10.2 Å². The molecule has 6 nitrogen and oxygen atoms in total. The highest BCUT2D eigenvalue weighted by atomic mass is 32.2. The van der Waals surface area contributed by atoms with Crippen LogP contribution in [0.3, 0.4) is 0 Å². The SMILES string of the molecule is O=C(NC1CS(=O)(=O)CC1N1CCCCC1)c1cc2ccccc2n1Cc1ccccc1. The molecule has 1 N–H and O–H groups in total. The van der Waals surface area contributed by atoms with Gasteiger partial charge in [0.2, 0.25) is 0 Å². The lowest BCUT2D eigenvalue weighted by atomic mass is 10.0. The van der Waals surface area contributed by atoms with Gasteiger partial charge in [-0.1, -0.05) is 55.0 Å². The van der Waals surface area contributed by atoms with Crippen LogP contribution in [0.5, 0.6) is 0 Å². The molecule has 0 radical (unpaired) electrons. The van der Waals surface area contributed by atoms with Crippen LogP contribution >= 0.6 is 0 Å². The Morgan fingerprint density at radius 3 is 2.44 bits per heavy atom. The zero-order valence-corrected chi connectivity index (χ0v) is 18.9. The molecule has 0 bridgehead atoms. The molecule has 7 heteroatoms. The Kier molecular flexibility index (Phi) is 5.78. The lowest BCUT2D eigenvalue weighted by molar-refractivity contribution is 0.0891. The summed E-state index contributed by atoms with van der Waals surface area (Å²) in [5, 5.41) is 4.10. The second-order valence-corrected chi connectivity index (χ2v) is 11.1. The molecule has 168 valence electrons. The third-order valence-electron chi connectivity index (χ3n) is 6.73. The van der Waals surface area contributed by atoms with Crippen LogP contribution in [0.4, 0.5) is 0 Å². The molecule has 2 aromatic carbocycles. The summed E-state index contributed by atoms with van der Waals surface area (Å²) in [6.07, 6.45) is 3.36. The highest BCUT2D eigenvalue weighted by molar-refractivity contribution is 7.91. The highest BCUT2D eigenvalue weighted by Crippen LogP contribution is 2.25. The number of nitrogens with zero attached hydrogens (tertiary/aromatic N) is 2. The maximum Gasteiger partial charge on any atom is 0.268 e. The number of piperidine rings is 1. The smallest absolute Gasteiger partial charge is 0.268 e. The summed E-state index contributed by atoms with van der Waals surface area (Å²) in [4.78, 5) is 15.7. The van der Waals surface area contributed by atoms with Gasteiger partial charge in [-0.25, -0.2) is 8.42 Å². The number of aromatic nitrogens is 1. The molecule has 0 aliphatic carbocycles. The summed E-state index contributed by atoms with van der Waals surface area (Å²) in [6.45, 7) is 2.39. The van der Waals surface area contributed by atoms with Crippen molar-refractivity contribution in [2.24, 2.45) is 0 Å². The van der Waals surface area contributed by atoms with E-state index in [1.807, 2.05) is 65.2 Å². The quantitative estimate of drug-likeness (QED) is 0.647. The van der Waals surface area contributed by atoms with Crippen molar-refractivity contribution >= 4 is 26.6 Å². The average molecular weight is 452 g/mol. The topological polar surface area (TPSA) is 71.4 Å². The number of amides is 1. The zero-order chi connectivity index (χ0) is 22.1. The van der Waals surface area contributed by atoms with E-state index in [0.29, 0.717) is 12.2 Å². The number of rotatable bonds is 5. The van der Waals surface area contributed by atoms with E-state index in [9.17, 15) is 13.2 Å². The van der Waals surface area contributed by atoms with E-state index in [0.717, 1.165) is 42.4 Å². The van der Waals surface area contributed by atoms with Crippen molar-refractivity contribution in [3.05, 3.63) is 71.9 Å². The second-order valence-electron chi connectivity index (χ2n) is 8.98. The summed E-state index contributed by atoms with van der Waals surface area (Å²) in [5.74, 6) is -0.0646. The number of sulfone groups is 1. The molecule has 2 unspecified atom stereocenters. The van der Waals surface area contributed by atoms with Crippen LogP contribution in [-0.2, 0) is 16.4 Å². The van der Waals surface area contributed by atoms with E-state index in [-0.39, 0.29) is 29.5 Å². The third kappa shape index (κ3) is 4.32. The molecular formula is C25H29N3O3S. The third-order valence-corrected chi connectivity index (χ3v) is 8.44. The lowest BCUT2D eigenvalue weighted by Crippen LogP contribution is -2.52. The number of carbonyl (C=O) groups excluding carboxylic acids is 1. The van der Waals surface area contributed by atoms with E-state index < -0.39 is 9.84 Å². The minimum Gasteiger partial charge on any atom is -0.345 e. The Hall–Kier alpha value is -2.64. The Balaban J connectivity index is 1.44. The van der Waals surface area contributed by atoms with Gasteiger partial charge in [0, 0.05) is 23.5 Å². The van der Waals surface area contributed by atoms with Gasteiger partial charge in [-0.15, -0.1) is 0 Å². The fourth-order valence-electron chi connectivity index (χ4n) is 5.15. The van der Waals surface area contributed by atoms with E-state index in [1.54, 1.807) is 0 Å². The summed E-state index contributed by atoms with van der Waals surface area (Å²) in [5.41, 5.74) is 2.67. The Morgan fingerprint density at radius 2 is 1.66 bits per heavy atom. The van der Waals surface area contributed by atoms with Gasteiger partial charge >= 0.3 is 0 Å². The van der Waals surface area contributed by atoms with E-state index in [1.165, 1.54) is 6.42 Å². The van der Waals surface area contributed by atoms with Crippen LogP contribution in [0.1, 0.15) is 35.3 Å². The first-order chi connectivity index (χ1) is 15.5.